The number of benzene rings is 2. The predicted octanol–water partition coefficient (Wildman–Crippen LogP) is -2.53. The molecule has 14 nitrogen and oxygen atoms in total. The van der Waals surface area contributed by atoms with Crippen molar-refractivity contribution in [1.82, 2.24) is 0 Å². The molecule has 40 heavy (non-hydrogen) atoms. The molecule has 216 valence electrons. The number of aryl methyl sites for hydroxylation is 1. The largest absolute Gasteiger partial charge is 0.507 e. The van der Waals surface area contributed by atoms with Crippen molar-refractivity contribution >= 4 is 11.6 Å². The summed E-state index contributed by atoms with van der Waals surface area (Å²) in [7, 11) is 0. The molecule has 8 N–H and O–H groups in total. The molecule has 3 aliphatic rings. The van der Waals surface area contributed by atoms with Crippen molar-refractivity contribution in [2.75, 3.05) is 19.8 Å². The van der Waals surface area contributed by atoms with E-state index in [0.29, 0.717) is 5.56 Å². The lowest BCUT2D eigenvalue weighted by molar-refractivity contribution is -0.277. The van der Waals surface area contributed by atoms with Crippen LogP contribution in [-0.2, 0) is 9.47 Å². The highest BCUT2D eigenvalue weighted by atomic mass is 16.7. The van der Waals surface area contributed by atoms with Crippen LogP contribution >= 0.6 is 0 Å². The van der Waals surface area contributed by atoms with Gasteiger partial charge < -0.3 is 59.8 Å². The second-order valence-corrected chi connectivity index (χ2v) is 10.0. The van der Waals surface area contributed by atoms with E-state index >= 15 is 0 Å². The molecule has 0 bridgehead atoms. The number of phenolic OH excluding ortho intramolecular Hbond substituents is 1. The Kier molecular flexibility index (Phi) is 7.33. The van der Waals surface area contributed by atoms with Crippen LogP contribution in [0.15, 0.2) is 24.3 Å². The molecule has 8 unspecified atom stereocenters. The molecular formula is C26H28O14. The van der Waals surface area contributed by atoms with E-state index in [1.807, 2.05) is 0 Å². The van der Waals surface area contributed by atoms with Crippen molar-refractivity contribution in [3.63, 3.8) is 0 Å². The SMILES string of the molecule is Cc1cc(O)c2c(c1)C(=O)c1cc(OC3OCC(O)(CO)C3O)cc(OC3OC(CO)C(O)C(O)C3O)c1C2=O. The molecule has 0 saturated carbocycles. The van der Waals surface area contributed by atoms with Crippen LogP contribution in [-0.4, -0.2) is 121 Å². The second-order valence-electron chi connectivity index (χ2n) is 10.0. The molecule has 2 aromatic rings. The van der Waals surface area contributed by atoms with E-state index in [1.54, 1.807) is 6.92 Å². The highest BCUT2D eigenvalue weighted by Gasteiger charge is 2.50. The molecule has 0 radical (unpaired) electrons. The topological polar surface area (TPSA) is 233 Å². The number of hydrogen-bond acceptors (Lipinski definition) is 14. The summed E-state index contributed by atoms with van der Waals surface area (Å²) in [6, 6.07) is 4.96. The summed E-state index contributed by atoms with van der Waals surface area (Å²) in [6.45, 7) is -0.454. The Hall–Kier alpha value is -3.18. The Morgan fingerprint density at radius 3 is 2.25 bits per heavy atom. The zero-order chi connectivity index (χ0) is 29.1. The number of carbonyl (C=O) groups is 2. The third-order valence-corrected chi connectivity index (χ3v) is 7.20. The third-order valence-electron chi connectivity index (χ3n) is 7.20. The normalized spacial score (nSPS) is 33.5. The van der Waals surface area contributed by atoms with E-state index in [0.717, 1.165) is 12.1 Å². The standard InChI is InChI=1S/C26H28O14/c1-9-2-11-16(13(29)3-9)20(32)17-12(18(11)30)4-10(38-25-23(35)26(36,7-28)8-37-25)5-14(17)39-24-22(34)21(33)19(31)15(6-27)40-24/h2-5,15,19,21-25,27-29,31,33-36H,6-8H2,1H3. The Morgan fingerprint density at radius 2 is 1.60 bits per heavy atom. The number of ether oxygens (including phenoxy) is 4. The van der Waals surface area contributed by atoms with Gasteiger partial charge in [-0.1, -0.05) is 0 Å². The Bertz CT molecular complexity index is 1340. The molecule has 0 spiro atoms. The summed E-state index contributed by atoms with van der Waals surface area (Å²) in [6.07, 6.45) is -11.7. The number of carbonyl (C=O) groups excluding carboxylic acids is 2. The van der Waals surface area contributed by atoms with Gasteiger partial charge in [-0.15, -0.1) is 0 Å². The van der Waals surface area contributed by atoms with Gasteiger partial charge in [-0.3, -0.25) is 9.59 Å². The highest BCUT2D eigenvalue weighted by molar-refractivity contribution is 6.30. The zero-order valence-corrected chi connectivity index (χ0v) is 21.0. The minimum Gasteiger partial charge on any atom is -0.507 e. The first-order valence-electron chi connectivity index (χ1n) is 12.3. The number of aromatic hydroxyl groups is 1. The molecule has 2 heterocycles. The molecule has 5 rings (SSSR count). The predicted molar refractivity (Wildman–Crippen MR) is 129 cm³/mol. The molecule has 14 heteroatoms. The highest BCUT2D eigenvalue weighted by Crippen LogP contribution is 2.41. The fourth-order valence-electron chi connectivity index (χ4n) is 4.94. The fourth-order valence-corrected chi connectivity index (χ4v) is 4.94. The molecule has 2 saturated heterocycles. The van der Waals surface area contributed by atoms with Crippen LogP contribution in [0.1, 0.15) is 37.4 Å². The fraction of sp³-hybridized carbons (Fsp3) is 0.462. The van der Waals surface area contributed by atoms with Gasteiger partial charge in [0, 0.05) is 17.2 Å². The van der Waals surface area contributed by atoms with Crippen molar-refractivity contribution in [2.24, 2.45) is 0 Å². The number of aliphatic hydroxyl groups is 7. The van der Waals surface area contributed by atoms with Crippen LogP contribution in [0, 0.1) is 6.92 Å². The molecule has 2 aromatic carbocycles. The lowest BCUT2D eigenvalue weighted by Gasteiger charge is -2.40. The number of aliphatic hydroxyl groups excluding tert-OH is 6. The first-order valence-corrected chi connectivity index (χ1v) is 12.3. The average Bonchev–Trinajstić information content (AvgIpc) is 3.20. The number of fused-ring (bicyclic) bond motifs is 2. The molecule has 0 aromatic heterocycles. The van der Waals surface area contributed by atoms with Gasteiger partial charge in [-0.25, -0.2) is 0 Å². The van der Waals surface area contributed by atoms with Crippen molar-refractivity contribution in [1.29, 1.82) is 0 Å². The average molecular weight is 564 g/mol. The number of ketones is 2. The zero-order valence-electron chi connectivity index (χ0n) is 21.0. The first-order chi connectivity index (χ1) is 18.9. The maximum absolute atomic E-state index is 13.6. The maximum atomic E-state index is 13.6. The Labute approximate surface area is 226 Å². The van der Waals surface area contributed by atoms with E-state index in [2.05, 4.69) is 0 Å². The van der Waals surface area contributed by atoms with Crippen molar-refractivity contribution in [2.45, 2.75) is 55.6 Å². The van der Waals surface area contributed by atoms with Gasteiger partial charge >= 0.3 is 0 Å². The van der Waals surface area contributed by atoms with E-state index in [-0.39, 0.29) is 28.0 Å². The summed E-state index contributed by atoms with van der Waals surface area (Å²) in [5.41, 5.74) is -2.51. The minimum absolute atomic E-state index is 0.0993. The van der Waals surface area contributed by atoms with Gasteiger partial charge in [-0.05, 0) is 30.7 Å². The van der Waals surface area contributed by atoms with Crippen LogP contribution in [0.5, 0.6) is 17.2 Å². The minimum atomic E-state index is -2.02. The van der Waals surface area contributed by atoms with Gasteiger partial charge in [0.2, 0.25) is 18.4 Å². The monoisotopic (exact) mass is 564 g/mol. The van der Waals surface area contributed by atoms with E-state index < -0.39 is 91.6 Å². The molecule has 1 aliphatic carbocycles. The molecular weight excluding hydrogens is 536 g/mol. The van der Waals surface area contributed by atoms with Crippen LogP contribution in [0.25, 0.3) is 0 Å². The van der Waals surface area contributed by atoms with Crippen LogP contribution < -0.4 is 9.47 Å². The molecule has 8 atom stereocenters. The summed E-state index contributed by atoms with van der Waals surface area (Å²) >= 11 is 0. The quantitative estimate of drug-likeness (QED) is 0.154. The van der Waals surface area contributed by atoms with Crippen LogP contribution in [0.4, 0.5) is 0 Å². The number of phenols is 1. The Morgan fingerprint density at radius 1 is 0.900 bits per heavy atom. The second kappa shape index (κ2) is 10.3. The first kappa shape index (κ1) is 28.4. The Balaban J connectivity index is 1.59. The number of rotatable bonds is 6. The van der Waals surface area contributed by atoms with E-state index in [1.165, 1.54) is 12.1 Å². The van der Waals surface area contributed by atoms with Crippen molar-refractivity contribution in [3.8, 4) is 17.2 Å². The van der Waals surface area contributed by atoms with Gasteiger partial charge in [0.25, 0.3) is 0 Å². The van der Waals surface area contributed by atoms with Gasteiger partial charge in [0.05, 0.1) is 30.9 Å². The lowest BCUT2D eigenvalue weighted by atomic mass is 9.82. The van der Waals surface area contributed by atoms with E-state index in [4.69, 9.17) is 18.9 Å². The smallest absolute Gasteiger partial charge is 0.229 e. The maximum Gasteiger partial charge on any atom is 0.229 e. The van der Waals surface area contributed by atoms with Gasteiger partial charge in [0.15, 0.2) is 5.78 Å². The third kappa shape index (κ3) is 4.52. The molecule has 0 amide bonds. The summed E-state index contributed by atoms with van der Waals surface area (Å²) in [5, 5.41) is 80.9. The summed E-state index contributed by atoms with van der Waals surface area (Å²) in [5.74, 6) is -2.59. The van der Waals surface area contributed by atoms with Crippen LogP contribution in [0.2, 0.25) is 0 Å². The summed E-state index contributed by atoms with van der Waals surface area (Å²) < 4.78 is 22.0. The van der Waals surface area contributed by atoms with Crippen molar-refractivity contribution in [3.05, 3.63) is 52.1 Å². The van der Waals surface area contributed by atoms with E-state index in [9.17, 15) is 50.4 Å². The molecule has 2 fully saturated rings. The van der Waals surface area contributed by atoms with Gasteiger partial charge in [-0.2, -0.15) is 0 Å². The van der Waals surface area contributed by atoms with Crippen LogP contribution in [0.3, 0.4) is 0 Å². The molecule has 2 aliphatic heterocycles. The summed E-state index contributed by atoms with van der Waals surface area (Å²) in [4.78, 5) is 27.2. The number of hydrogen-bond donors (Lipinski definition) is 8. The van der Waals surface area contributed by atoms with Crippen molar-refractivity contribution < 1.29 is 69.4 Å². The lowest BCUT2D eigenvalue weighted by Crippen LogP contribution is -2.60. The van der Waals surface area contributed by atoms with Gasteiger partial charge in [0.1, 0.15) is 53.4 Å².